The molecule has 0 amide bonds. The van der Waals surface area contributed by atoms with Gasteiger partial charge < -0.3 is 10.0 Å². The summed E-state index contributed by atoms with van der Waals surface area (Å²) >= 11 is 18.8. The predicted molar refractivity (Wildman–Crippen MR) is 133 cm³/mol. The van der Waals surface area contributed by atoms with Crippen LogP contribution in [0.15, 0.2) is 66.7 Å². The van der Waals surface area contributed by atoms with Crippen LogP contribution >= 0.6 is 34.8 Å². The second kappa shape index (κ2) is 11.6. The zero-order chi connectivity index (χ0) is 23.1. The van der Waals surface area contributed by atoms with Crippen LogP contribution < -0.4 is 4.90 Å². The van der Waals surface area contributed by atoms with Gasteiger partial charge in [-0.3, -0.25) is 4.90 Å². The lowest BCUT2D eigenvalue weighted by atomic mass is 10.0. The fourth-order valence-corrected chi connectivity index (χ4v) is 4.54. The van der Waals surface area contributed by atoms with Gasteiger partial charge in [0.1, 0.15) is 0 Å². The average molecular weight is 489 g/mol. The van der Waals surface area contributed by atoms with E-state index >= 15 is 0 Å². The smallest absolute Gasteiger partial charge is 0.0991 e. The van der Waals surface area contributed by atoms with Crippen LogP contribution in [0.3, 0.4) is 0 Å². The van der Waals surface area contributed by atoms with E-state index in [2.05, 4.69) is 28.0 Å². The molecule has 0 unspecified atom stereocenters. The zero-order valence-electron chi connectivity index (χ0n) is 17.7. The molecule has 1 N–H and O–H groups in total. The van der Waals surface area contributed by atoms with Crippen LogP contribution in [0.4, 0.5) is 5.69 Å². The first-order valence-electron chi connectivity index (χ1n) is 10.2. The van der Waals surface area contributed by atoms with Gasteiger partial charge in [-0.25, -0.2) is 0 Å². The van der Waals surface area contributed by atoms with Gasteiger partial charge in [-0.05, 0) is 53.6 Å². The minimum absolute atomic E-state index is 0.132. The highest BCUT2D eigenvalue weighted by molar-refractivity contribution is 6.36. The van der Waals surface area contributed by atoms with E-state index < -0.39 is 0 Å². The SMILES string of the molecule is CO.N#Cc1ccc(CN2CCN(c3ccc(Cl)cc3Cl)[C@H](c3ccc(Cl)cc3)C2)cc1. The Hall–Kier alpha value is -2.26. The second-order valence-electron chi connectivity index (χ2n) is 7.40. The normalized spacial score (nSPS) is 16.1. The third kappa shape index (κ3) is 5.95. The summed E-state index contributed by atoms with van der Waals surface area (Å²) in [5.41, 5.74) is 4.05. The summed E-state index contributed by atoms with van der Waals surface area (Å²) in [6.07, 6.45) is 0. The molecule has 1 heterocycles. The van der Waals surface area contributed by atoms with Crippen molar-refractivity contribution in [2.75, 3.05) is 31.6 Å². The first-order chi connectivity index (χ1) is 15.5. The number of rotatable bonds is 4. The molecule has 0 bridgehead atoms. The molecule has 3 aromatic rings. The Morgan fingerprint density at radius 3 is 2.19 bits per heavy atom. The summed E-state index contributed by atoms with van der Waals surface area (Å²) in [4.78, 5) is 4.78. The zero-order valence-corrected chi connectivity index (χ0v) is 19.9. The summed E-state index contributed by atoms with van der Waals surface area (Å²) in [7, 11) is 1.00. The molecule has 0 saturated carbocycles. The molecule has 1 fully saturated rings. The van der Waals surface area contributed by atoms with Gasteiger partial charge in [0.15, 0.2) is 0 Å². The minimum atomic E-state index is 0.132. The molecule has 0 aromatic heterocycles. The maximum absolute atomic E-state index is 9.01. The number of nitriles is 1. The Kier molecular flexibility index (Phi) is 8.81. The Morgan fingerprint density at radius 1 is 0.906 bits per heavy atom. The van der Waals surface area contributed by atoms with Crippen molar-refractivity contribution in [2.24, 2.45) is 0 Å². The molecule has 1 atom stereocenters. The Balaban J connectivity index is 0.00000141. The van der Waals surface area contributed by atoms with Crippen molar-refractivity contribution in [3.8, 4) is 6.07 Å². The first kappa shape index (κ1) is 24.4. The van der Waals surface area contributed by atoms with Crippen molar-refractivity contribution in [3.63, 3.8) is 0 Å². The van der Waals surface area contributed by atoms with Gasteiger partial charge in [-0.1, -0.05) is 59.1 Å². The summed E-state index contributed by atoms with van der Waals surface area (Å²) in [6, 6.07) is 23.8. The highest BCUT2D eigenvalue weighted by Gasteiger charge is 2.29. The summed E-state index contributed by atoms with van der Waals surface area (Å²) in [6.45, 7) is 3.42. The van der Waals surface area contributed by atoms with Gasteiger partial charge in [-0.2, -0.15) is 5.26 Å². The van der Waals surface area contributed by atoms with Crippen molar-refractivity contribution < 1.29 is 5.11 Å². The summed E-state index contributed by atoms with van der Waals surface area (Å²) < 4.78 is 0. The molecular weight excluding hydrogens is 465 g/mol. The van der Waals surface area contributed by atoms with Gasteiger partial charge in [0.25, 0.3) is 0 Å². The molecule has 3 aromatic carbocycles. The Morgan fingerprint density at radius 2 is 1.56 bits per heavy atom. The molecule has 0 spiro atoms. The molecular formula is C25H24Cl3N3O. The number of nitrogens with zero attached hydrogens (tertiary/aromatic N) is 3. The third-order valence-electron chi connectivity index (χ3n) is 5.43. The maximum Gasteiger partial charge on any atom is 0.0991 e. The van der Waals surface area contributed by atoms with Crippen molar-refractivity contribution in [2.45, 2.75) is 12.6 Å². The van der Waals surface area contributed by atoms with Gasteiger partial charge in [0, 0.05) is 43.3 Å². The number of aliphatic hydroxyl groups is 1. The van der Waals surface area contributed by atoms with Crippen molar-refractivity contribution in [3.05, 3.63) is 98.5 Å². The van der Waals surface area contributed by atoms with Crippen molar-refractivity contribution >= 4 is 40.5 Å². The number of hydrogen-bond acceptors (Lipinski definition) is 4. The van der Waals surface area contributed by atoms with Crippen LogP contribution in [-0.2, 0) is 6.54 Å². The van der Waals surface area contributed by atoms with Crippen LogP contribution in [0.2, 0.25) is 15.1 Å². The van der Waals surface area contributed by atoms with Gasteiger partial charge in [-0.15, -0.1) is 0 Å². The van der Waals surface area contributed by atoms with Gasteiger partial charge in [0.2, 0.25) is 0 Å². The number of anilines is 1. The second-order valence-corrected chi connectivity index (χ2v) is 8.68. The van der Waals surface area contributed by atoms with Crippen LogP contribution in [0.25, 0.3) is 0 Å². The average Bonchev–Trinajstić information content (AvgIpc) is 2.82. The molecule has 4 rings (SSSR count). The van der Waals surface area contributed by atoms with Gasteiger partial charge in [0.05, 0.1) is 28.4 Å². The fraction of sp³-hybridized carbons (Fsp3) is 0.240. The molecule has 1 aliphatic rings. The van der Waals surface area contributed by atoms with E-state index in [0.717, 1.165) is 44.0 Å². The molecule has 1 aliphatic heterocycles. The monoisotopic (exact) mass is 487 g/mol. The van der Waals surface area contributed by atoms with Crippen molar-refractivity contribution in [1.29, 1.82) is 5.26 Å². The number of aliphatic hydroxyl groups excluding tert-OH is 1. The molecule has 32 heavy (non-hydrogen) atoms. The molecule has 7 heteroatoms. The maximum atomic E-state index is 9.01. The van der Waals surface area contributed by atoms with Crippen molar-refractivity contribution in [1.82, 2.24) is 4.90 Å². The summed E-state index contributed by atoms with van der Waals surface area (Å²) in [5.74, 6) is 0. The van der Waals surface area contributed by atoms with E-state index in [-0.39, 0.29) is 6.04 Å². The molecule has 4 nitrogen and oxygen atoms in total. The van der Waals surface area contributed by atoms with E-state index in [1.54, 1.807) is 6.07 Å². The third-order valence-corrected chi connectivity index (χ3v) is 6.22. The number of halogens is 3. The first-order valence-corrected chi connectivity index (χ1v) is 11.3. The quantitative estimate of drug-likeness (QED) is 0.476. The van der Waals surface area contributed by atoms with E-state index in [9.17, 15) is 0 Å². The highest BCUT2D eigenvalue weighted by atomic mass is 35.5. The van der Waals surface area contributed by atoms with Crippen LogP contribution in [0.5, 0.6) is 0 Å². The van der Waals surface area contributed by atoms with Gasteiger partial charge >= 0.3 is 0 Å². The lowest BCUT2D eigenvalue weighted by molar-refractivity contribution is 0.215. The van der Waals surface area contributed by atoms with E-state index in [1.165, 1.54) is 11.1 Å². The fourth-order valence-electron chi connectivity index (χ4n) is 3.90. The number of hydrogen-bond donors (Lipinski definition) is 1. The van der Waals surface area contributed by atoms with E-state index in [0.29, 0.717) is 15.6 Å². The number of benzene rings is 3. The largest absolute Gasteiger partial charge is 0.400 e. The molecule has 166 valence electrons. The Labute approximate surface area is 204 Å². The minimum Gasteiger partial charge on any atom is -0.400 e. The lowest BCUT2D eigenvalue weighted by Crippen LogP contribution is -2.48. The van der Waals surface area contributed by atoms with E-state index in [1.807, 2.05) is 48.5 Å². The number of piperazine rings is 1. The van der Waals surface area contributed by atoms with E-state index in [4.69, 9.17) is 45.2 Å². The topological polar surface area (TPSA) is 50.5 Å². The molecule has 1 saturated heterocycles. The lowest BCUT2D eigenvalue weighted by Gasteiger charge is -2.43. The molecule has 0 aliphatic carbocycles. The Bertz CT molecular complexity index is 1070. The van der Waals surface area contributed by atoms with Crippen LogP contribution in [0.1, 0.15) is 22.7 Å². The van der Waals surface area contributed by atoms with Crippen LogP contribution in [0, 0.1) is 11.3 Å². The van der Waals surface area contributed by atoms with Crippen LogP contribution in [-0.4, -0.2) is 36.8 Å². The predicted octanol–water partition coefficient (Wildman–Crippen LogP) is 6.19. The molecule has 0 radical (unpaired) electrons. The highest BCUT2D eigenvalue weighted by Crippen LogP contribution is 2.37. The summed E-state index contributed by atoms with van der Waals surface area (Å²) in [5, 5.41) is 18.0. The standard InChI is InChI=1S/C24H20Cl3N3.CH4O/c25-20-7-5-19(6-8-20)24-16-29(15-18-3-1-17(14-28)2-4-18)11-12-30(24)23-10-9-21(26)13-22(23)27;1-2/h1-10,13,24H,11-12,15-16H2;2H,1H3/t24-;/m0./s1.